The van der Waals surface area contributed by atoms with E-state index in [-0.39, 0.29) is 5.91 Å². The second-order valence-electron chi connectivity index (χ2n) is 9.52. The number of alkyl halides is 3. The largest absolute Gasteiger partial charge is 0.494 e. The highest BCUT2D eigenvalue weighted by atomic mass is 19.4. The monoisotopic (exact) mass is 536 g/mol. The molecule has 7 nitrogen and oxygen atoms in total. The van der Waals surface area contributed by atoms with Gasteiger partial charge in [-0.1, -0.05) is 24.3 Å². The lowest BCUT2D eigenvalue weighted by Gasteiger charge is -2.26. The van der Waals surface area contributed by atoms with Gasteiger partial charge in [0.15, 0.2) is 0 Å². The number of hydrogen-bond acceptors (Lipinski definition) is 5. The summed E-state index contributed by atoms with van der Waals surface area (Å²) < 4.78 is 43.0. The number of carbonyl (C=O) groups excluding carboxylic acids is 1. The highest BCUT2D eigenvalue weighted by Crippen LogP contribution is 2.25. The fourth-order valence-electron chi connectivity index (χ4n) is 4.62. The van der Waals surface area contributed by atoms with Crippen LogP contribution in [0.4, 0.5) is 13.2 Å². The van der Waals surface area contributed by atoms with Crippen LogP contribution >= 0.6 is 0 Å². The van der Waals surface area contributed by atoms with Crippen molar-refractivity contribution in [2.24, 2.45) is 0 Å². The van der Waals surface area contributed by atoms with Gasteiger partial charge in [-0.05, 0) is 68.5 Å². The van der Waals surface area contributed by atoms with Gasteiger partial charge in [-0.15, -0.1) is 0 Å². The lowest BCUT2D eigenvalue weighted by Crippen LogP contribution is -2.40. The summed E-state index contributed by atoms with van der Waals surface area (Å²) in [4.78, 5) is 25.9. The maximum absolute atomic E-state index is 12.6. The van der Waals surface area contributed by atoms with E-state index in [1.165, 1.54) is 12.8 Å². The van der Waals surface area contributed by atoms with Crippen molar-refractivity contribution >= 4 is 11.9 Å². The highest BCUT2D eigenvalue weighted by molar-refractivity contribution is 5.94. The molecule has 0 aliphatic carbocycles. The van der Waals surface area contributed by atoms with Crippen LogP contribution in [0.3, 0.4) is 0 Å². The molecule has 2 fully saturated rings. The summed E-state index contributed by atoms with van der Waals surface area (Å²) in [5.74, 6) is -1.77. The number of rotatable bonds is 7. The first-order valence-electron chi connectivity index (χ1n) is 12.8. The molecule has 2 atom stereocenters. The second kappa shape index (κ2) is 13.6. The standard InChI is InChI=1S/C26H34N2O3.C2HF3O2/c1-20-4-5-21(2)28(20)14-3-17-31-25-12-10-23(11-13-25)22-6-8-24(9-7-22)26(29)27-15-18-30-19-16-27;3-2(4,5)1(6)7/h6-13,20-21H,3-5,14-19H2,1-2H3;(H,6,7). The Morgan fingerprint density at radius 3 is 1.95 bits per heavy atom. The number of morpholine rings is 1. The van der Waals surface area contributed by atoms with Gasteiger partial charge in [0.2, 0.25) is 0 Å². The van der Waals surface area contributed by atoms with Crippen molar-refractivity contribution in [2.75, 3.05) is 39.5 Å². The molecule has 2 aliphatic heterocycles. The number of hydrogen-bond donors (Lipinski definition) is 1. The smallest absolute Gasteiger partial charge is 0.490 e. The van der Waals surface area contributed by atoms with Gasteiger partial charge >= 0.3 is 12.1 Å². The Bertz CT molecular complexity index is 1030. The third-order valence-electron chi connectivity index (χ3n) is 6.82. The Morgan fingerprint density at radius 2 is 1.45 bits per heavy atom. The summed E-state index contributed by atoms with van der Waals surface area (Å²) in [5, 5.41) is 7.12. The number of amides is 1. The number of carboxylic acids is 1. The molecule has 1 N–H and O–H groups in total. The van der Waals surface area contributed by atoms with Gasteiger partial charge in [0.05, 0.1) is 19.8 Å². The van der Waals surface area contributed by atoms with Crippen molar-refractivity contribution in [3.63, 3.8) is 0 Å². The summed E-state index contributed by atoms with van der Waals surface area (Å²) in [6.45, 7) is 9.08. The van der Waals surface area contributed by atoms with Gasteiger partial charge in [0, 0.05) is 37.3 Å². The van der Waals surface area contributed by atoms with Crippen molar-refractivity contribution in [3.8, 4) is 16.9 Å². The van der Waals surface area contributed by atoms with Crippen molar-refractivity contribution in [1.29, 1.82) is 0 Å². The molecule has 208 valence electrons. The molecule has 2 heterocycles. The van der Waals surface area contributed by atoms with Crippen LogP contribution in [-0.2, 0) is 9.53 Å². The van der Waals surface area contributed by atoms with Crippen molar-refractivity contribution in [3.05, 3.63) is 54.1 Å². The number of aliphatic carboxylic acids is 1. The van der Waals surface area contributed by atoms with E-state index in [9.17, 15) is 18.0 Å². The Hall–Kier alpha value is -3.11. The van der Waals surface area contributed by atoms with Crippen LogP contribution in [-0.4, -0.2) is 84.5 Å². The maximum atomic E-state index is 12.6. The zero-order chi connectivity index (χ0) is 27.7. The van der Waals surface area contributed by atoms with E-state index in [0.29, 0.717) is 38.4 Å². The van der Waals surface area contributed by atoms with E-state index in [2.05, 4.69) is 30.9 Å². The Balaban J connectivity index is 0.000000505. The third kappa shape index (κ3) is 8.46. The first-order valence-corrected chi connectivity index (χ1v) is 12.8. The fourth-order valence-corrected chi connectivity index (χ4v) is 4.62. The van der Waals surface area contributed by atoms with Crippen LogP contribution in [0.2, 0.25) is 0 Å². The molecule has 0 spiro atoms. The van der Waals surface area contributed by atoms with Crippen molar-refractivity contribution in [1.82, 2.24) is 9.80 Å². The van der Waals surface area contributed by atoms with Crippen LogP contribution in [0.5, 0.6) is 5.75 Å². The maximum Gasteiger partial charge on any atom is 0.490 e. The van der Waals surface area contributed by atoms with Gasteiger partial charge in [-0.3, -0.25) is 9.69 Å². The number of ether oxygens (including phenoxy) is 2. The van der Waals surface area contributed by atoms with Gasteiger partial charge in [-0.25, -0.2) is 4.79 Å². The third-order valence-corrected chi connectivity index (χ3v) is 6.82. The summed E-state index contributed by atoms with van der Waals surface area (Å²) in [5.41, 5.74) is 2.95. The van der Waals surface area contributed by atoms with E-state index in [1.54, 1.807) is 0 Å². The molecule has 1 amide bonds. The van der Waals surface area contributed by atoms with Crippen LogP contribution in [0.1, 0.15) is 43.5 Å². The van der Waals surface area contributed by atoms with Gasteiger partial charge in [0.25, 0.3) is 5.91 Å². The van der Waals surface area contributed by atoms with Gasteiger partial charge in [-0.2, -0.15) is 13.2 Å². The molecule has 10 heteroatoms. The Labute approximate surface area is 221 Å². The van der Waals surface area contributed by atoms with Crippen LogP contribution < -0.4 is 4.74 Å². The molecule has 38 heavy (non-hydrogen) atoms. The van der Waals surface area contributed by atoms with E-state index >= 15 is 0 Å². The summed E-state index contributed by atoms with van der Waals surface area (Å²) in [6.07, 6.45) is -1.41. The minimum atomic E-state index is -5.08. The lowest BCUT2D eigenvalue weighted by molar-refractivity contribution is -0.192. The average molecular weight is 537 g/mol. The molecule has 0 bridgehead atoms. The number of nitrogens with zero attached hydrogens (tertiary/aromatic N) is 2. The molecular weight excluding hydrogens is 501 g/mol. The molecule has 0 aromatic heterocycles. The quantitative estimate of drug-likeness (QED) is 0.496. The average Bonchev–Trinajstić information content (AvgIpc) is 3.23. The summed E-state index contributed by atoms with van der Waals surface area (Å²) in [7, 11) is 0. The van der Waals surface area contributed by atoms with Gasteiger partial charge in [0.1, 0.15) is 5.75 Å². The topological polar surface area (TPSA) is 79.3 Å². The minimum Gasteiger partial charge on any atom is -0.494 e. The number of benzene rings is 2. The fraction of sp³-hybridized carbons (Fsp3) is 0.500. The molecule has 2 aliphatic rings. The summed E-state index contributed by atoms with van der Waals surface area (Å²) >= 11 is 0. The van der Waals surface area contributed by atoms with E-state index in [0.717, 1.165) is 42.0 Å². The molecule has 2 aromatic rings. The number of likely N-dealkylation sites (tertiary alicyclic amines) is 1. The predicted octanol–water partition coefficient (Wildman–Crippen LogP) is 5.10. The molecular formula is C28H35F3N2O5. The first kappa shape index (κ1) is 29.4. The van der Waals surface area contributed by atoms with Gasteiger partial charge < -0.3 is 19.5 Å². The molecule has 0 saturated carbocycles. The SMILES string of the molecule is CC1CCC(C)N1CCCOc1ccc(-c2ccc(C(=O)N3CCOCC3)cc2)cc1.O=C(O)C(F)(F)F. The van der Waals surface area contributed by atoms with Crippen LogP contribution in [0.25, 0.3) is 11.1 Å². The minimum absolute atomic E-state index is 0.0799. The van der Waals surface area contributed by atoms with Crippen molar-refractivity contribution < 1.29 is 37.3 Å². The lowest BCUT2D eigenvalue weighted by atomic mass is 10.0. The highest BCUT2D eigenvalue weighted by Gasteiger charge is 2.38. The molecule has 0 radical (unpaired) electrons. The molecule has 2 aromatic carbocycles. The predicted molar refractivity (Wildman–Crippen MR) is 137 cm³/mol. The normalized spacial score (nSPS) is 20.0. The Morgan fingerprint density at radius 1 is 0.947 bits per heavy atom. The van der Waals surface area contributed by atoms with Crippen LogP contribution in [0, 0.1) is 0 Å². The number of carboxylic acid groups (broad SMARTS) is 1. The molecule has 2 unspecified atom stereocenters. The second-order valence-corrected chi connectivity index (χ2v) is 9.52. The van der Waals surface area contributed by atoms with E-state index in [4.69, 9.17) is 19.4 Å². The summed E-state index contributed by atoms with van der Waals surface area (Å²) in [6, 6.07) is 17.5. The van der Waals surface area contributed by atoms with E-state index in [1.807, 2.05) is 41.3 Å². The van der Waals surface area contributed by atoms with Crippen LogP contribution in [0.15, 0.2) is 48.5 Å². The number of carbonyl (C=O) groups is 2. The first-order chi connectivity index (χ1) is 18.1. The van der Waals surface area contributed by atoms with Crippen molar-refractivity contribution in [2.45, 2.75) is 51.4 Å². The molecule has 2 saturated heterocycles. The van der Waals surface area contributed by atoms with E-state index < -0.39 is 12.1 Å². The Kier molecular flexibility index (Phi) is 10.6. The zero-order valence-electron chi connectivity index (χ0n) is 21.7. The zero-order valence-corrected chi connectivity index (χ0v) is 21.7. The number of halogens is 3. The molecule has 4 rings (SSSR count).